The number of nitriles is 1. The highest BCUT2D eigenvalue weighted by Gasteiger charge is 2.51. The zero-order valence-electron chi connectivity index (χ0n) is 15.0. The van der Waals surface area contributed by atoms with Gasteiger partial charge in [0.25, 0.3) is 5.91 Å². The molecule has 4 heteroatoms. The van der Waals surface area contributed by atoms with Crippen LogP contribution in [-0.2, 0) is 4.79 Å². The largest absolute Gasteiger partial charge is 0.336 e. The number of benzene rings is 1. The number of carbonyl (C=O) groups is 1. The van der Waals surface area contributed by atoms with Crippen LogP contribution in [0.4, 0.5) is 5.69 Å². The first-order chi connectivity index (χ1) is 12.0. The number of nitrogens with one attached hydrogen (secondary N) is 1. The molecule has 4 aliphatic carbocycles. The van der Waals surface area contributed by atoms with E-state index in [0.717, 1.165) is 30.0 Å². The third-order valence-electron chi connectivity index (χ3n) is 6.76. The molecule has 0 spiro atoms. The minimum absolute atomic E-state index is 0.0504. The van der Waals surface area contributed by atoms with E-state index in [1.54, 1.807) is 24.3 Å². The van der Waals surface area contributed by atoms with Gasteiger partial charge in [0.15, 0.2) is 6.04 Å². The Morgan fingerprint density at radius 2 is 1.76 bits per heavy atom. The van der Waals surface area contributed by atoms with Crippen molar-refractivity contribution in [3.05, 3.63) is 29.8 Å². The van der Waals surface area contributed by atoms with Gasteiger partial charge in [-0.15, -0.1) is 0 Å². The molecule has 25 heavy (non-hydrogen) atoms. The molecule has 132 valence electrons. The maximum Gasteiger partial charge on any atom is 0.282 e. The van der Waals surface area contributed by atoms with Crippen LogP contribution in [-0.4, -0.2) is 18.5 Å². The standard InChI is InChI=1S/C21H27N3O/c1-14(20(25)24-19-4-2-15(12-22)3-5-19)23-13-21-9-16-6-17(10-21)8-18(7-16)11-21/h2-5,14,16-18,23H,6-11,13H2,1H3,(H,24,25)/p+1/t14-,16?,17?,18?,21?/m0/s1. The molecule has 0 aromatic heterocycles. The maximum absolute atomic E-state index is 12.5. The molecule has 4 nitrogen and oxygen atoms in total. The molecular weight excluding hydrogens is 310 g/mol. The van der Waals surface area contributed by atoms with Crippen molar-refractivity contribution in [2.45, 2.75) is 51.5 Å². The van der Waals surface area contributed by atoms with Crippen LogP contribution in [0.25, 0.3) is 0 Å². The zero-order chi connectivity index (χ0) is 17.4. The van der Waals surface area contributed by atoms with Gasteiger partial charge in [0.1, 0.15) is 0 Å². The Hall–Kier alpha value is -1.86. The minimum Gasteiger partial charge on any atom is -0.336 e. The number of anilines is 1. The number of amides is 1. The molecule has 0 heterocycles. The van der Waals surface area contributed by atoms with Crippen LogP contribution in [0.3, 0.4) is 0 Å². The van der Waals surface area contributed by atoms with Crippen LogP contribution in [0, 0.1) is 34.5 Å². The molecule has 5 rings (SSSR count). The third kappa shape index (κ3) is 3.43. The number of carbonyl (C=O) groups excluding carboxylic acids is 1. The topological polar surface area (TPSA) is 69.5 Å². The Morgan fingerprint density at radius 3 is 2.28 bits per heavy atom. The molecular formula is C21H28N3O+. The summed E-state index contributed by atoms with van der Waals surface area (Å²) in [5.41, 5.74) is 1.87. The van der Waals surface area contributed by atoms with E-state index in [1.807, 2.05) is 6.92 Å². The maximum atomic E-state index is 12.5. The molecule has 1 aromatic carbocycles. The van der Waals surface area contributed by atoms with Gasteiger partial charge in [-0.3, -0.25) is 4.79 Å². The molecule has 0 radical (unpaired) electrons. The van der Waals surface area contributed by atoms with Crippen LogP contribution in [0.1, 0.15) is 51.0 Å². The van der Waals surface area contributed by atoms with Gasteiger partial charge >= 0.3 is 0 Å². The highest BCUT2D eigenvalue weighted by atomic mass is 16.2. The van der Waals surface area contributed by atoms with E-state index in [-0.39, 0.29) is 11.9 Å². The average molecular weight is 338 g/mol. The smallest absolute Gasteiger partial charge is 0.282 e. The van der Waals surface area contributed by atoms with E-state index >= 15 is 0 Å². The van der Waals surface area contributed by atoms with Gasteiger partial charge in [0.2, 0.25) is 0 Å². The molecule has 4 bridgehead atoms. The lowest BCUT2D eigenvalue weighted by atomic mass is 9.49. The lowest BCUT2D eigenvalue weighted by Crippen LogP contribution is -2.94. The van der Waals surface area contributed by atoms with Crippen molar-refractivity contribution >= 4 is 11.6 Å². The number of hydrogen-bond acceptors (Lipinski definition) is 2. The van der Waals surface area contributed by atoms with Gasteiger partial charge in [-0.05, 0) is 87.5 Å². The first kappa shape index (κ1) is 16.6. The Kier molecular flexibility index (Phi) is 4.29. The highest BCUT2D eigenvalue weighted by Crippen LogP contribution is 2.59. The summed E-state index contributed by atoms with van der Waals surface area (Å²) in [5.74, 6) is 2.93. The van der Waals surface area contributed by atoms with Gasteiger partial charge in [-0.2, -0.15) is 5.26 Å². The van der Waals surface area contributed by atoms with E-state index in [0.29, 0.717) is 11.0 Å². The van der Waals surface area contributed by atoms with Crippen molar-refractivity contribution in [2.24, 2.45) is 23.2 Å². The van der Waals surface area contributed by atoms with Crippen LogP contribution in [0.5, 0.6) is 0 Å². The minimum atomic E-state index is -0.0800. The molecule has 4 fully saturated rings. The average Bonchev–Trinajstić information content (AvgIpc) is 2.59. The quantitative estimate of drug-likeness (QED) is 0.866. The molecule has 4 aliphatic rings. The predicted molar refractivity (Wildman–Crippen MR) is 96.6 cm³/mol. The molecule has 1 amide bonds. The molecule has 1 atom stereocenters. The summed E-state index contributed by atoms with van der Waals surface area (Å²) in [5, 5.41) is 14.1. The Bertz CT molecular complexity index is 653. The summed E-state index contributed by atoms with van der Waals surface area (Å²) in [6.45, 7) is 3.10. The number of nitrogens with zero attached hydrogens (tertiary/aromatic N) is 1. The van der Waals surface area contributed by atoms with Crippen molar-refractivity contribution in [1.29, 1.82) is 5.26 Å². The number of hydrogen-bond donors (Lipinski definition) is 2. The molecule has 0 saturated heterocycles. The molecule has 4 saturated carbocycles. The zero-order valence-corrected chi connectivity index (χ0v) is 15.0. The molecule has 1 aromatic rings. The van der Waals surface area contributed by atoms with Crippen LogP contribution in [0.15, 0.2) is 24.3 Å². The van der Waals surface area contributed by atoms with Crippen molar-refractivity contribution in [3.8, 4) is 6.07 Å². The van der Waals surface area contributed by atoms with Gasteiger partial charge in [-0.1, -0.05) is 0 Å². The van der Waals surface area contributed by atoms with Crippen LogP contribution in [0.2, 0.25) is 0 Å². The highest BCUT2D eigenvalue weighted by molar-refractivity contribution is 5.93. The molecule has 0 unspecified atom stereocenters. The van der Waals surface area contributed by atoms with Crippen molar-refractivity contribution in [1.82, 2.24) is 0 Å². The number of nitrogens with two attached hydrogens (primary N) is 1. The van der Waals surface area contributed by atoms with E-state index < -0.39 is 0 Å². The second kappa shape index (κ2) is 6.46. The SMILES string of the molecule is C[C@H]([NH2+]CC12CC3CC(CC(C3)C1)C2)C(=O)Nc1ccc(C#N)cc1. The summed E-state index contributed by atoms with van der Waals surface area (Å²) >= 11 is 0. The lowest BCUT2D eigenvalue weighted by Gasteiger charge is -2.56. The van der Waals surface area contributed by atoms with Crippen molar-refractivity contribution in [3.63, 3.8) is 0 Å². The van der Waals surface area contributed by atoms with E-state index in [1.165, 1.54) is 38.5 Å². The van der Waals surface area contributed by atoms with E-state index in [4.69, 9.17) is 5.26 Å². The first-order valence-electron chi connectivity index (χ1n) is 9.70. The fourth-order valence-electron chi connectivity index (χ4n) is 5.96. The van der Waals surface area contributed by atoms with Gasteiger partial charge < -0.3 is 10.6 Å². The van der Waals surface area contributed by atoms with Crippen molar-refractivity contribution in [2.75, 3.05) is 11.9 Å². The van der Waals surface area contributed by atoms with E-state index in [9.17, 15) is 4.79 Å². The van der Waals surface area contributed by atoms with Crippen LogP contribution >= 0.6 is 0 Å². The van der Waals surface area contributed by atoms with Gasteiger partial charge in [0.05, 0.1) is 18.2 Å². The molecule has 0 aliphatic heterocycles. The lowest BCUT2D eigenvalue weighted by molar-refractivity contribution is -0.686. The Labute approximate surface area is 150 Å². The summed E-state index contributed by atoms with van der Waals surface area (Å²) in [6.07, 6.45) is 8.56. The predicted octanol–water partition coefficient (Wildman–Crippen LogP) is 2.67. The monoisotopic (exact) mass is 338 g/mol. The van der Waals surface area contributed by atoms with Crippen molar-refractivity contribution < 1.29 is 10.1 Å². The molecule has 3 N–H and O–H groups in total. The van der Waals surface area contributed by atoms with Gasteiger partial charge in [0, 0.05) is 11.1 Å². The fourth-order valence-corrected chi connectivity index (χ4v) is 5.96. The Morgan fingerprint density at radius 1 is 1.20 bits per heavy atom. The summed E-state index contributed by atoms with van der Waals surface area (Å²) in [4.78, 5) is 12.5. The number of quaternary nitrogens is 1. The van der Waals surface area contributed by atoms with Crippen LogP contribution < -0.4 is 10.6 Å². The third-order valence-corrected chi connectivity index (χ3v) is 6.76. The summed E-state index contributed by atoms with van der Waals surface area (Å²) in [7, 11) is 0. The van der Waals surface area contributed by atoms with Gasteiger partial charge in [-0.25, -0.2) is 0 Å². The van der Waals surface area contributed by atoms with E-state index in [2.05, 4.69) is 16.7 Å². The fraction of sp³-hybridized carbons (Fsp3) is 0.619. The number of rotatable bonds is 5. The normalized spacial score (nSPS) is 33.7. The first-order valence-corrected chi connectivity index (χ1v) is 9.70. The second-order valence-corrected chi connectivity index (χ2v) is 8.82. The summed E-state index contributed by atoms with van der Waals surface area (Å²) in [6, 6.07) is 9.07. The second-order valence-electron chi connectivity index (χ2n) is 8.82. The Balaban J connectivity index is 1.32. The summed E-state index contributed by atoms with van der Waals surface area (Å²) < 4.78 is 0.